The van der Waals surface area contributed by atoms with E-state index < -0.39 is 11.9 Å². The normalized spacial score (nSPS) is 22.4. The van der Waals surface area contributed by atoms with Gasteiger partial charge in [0.1, 0.15) is 6.04 Å². The summed E-state index contributed by atoms with van der Waals surface area (Å²) in [5, 5.41) is 13.3. The molecular formula is C23H25N7O5. The molecule has 5 rings (SSSR count). The van der Waals surface area contributed by atoms with Crippen molar-refractivity contribution in [2.75, 3.05) is 13.1 Å². The minimum Gasteiger partial charge on any atom is -0.350 e. The van der Waals surface area contributed by atoms with Crippen molar-refractivity contribution in [2.24, 2.45) is 5.92 Å². The van der Waals surface area contributed by atoms with Gasteiger partial charge < -0.3 is 15.1 Å². The summed E-state index contributed by atoms with van der Waals surface area (Å²) in [6, 6.07) is 4.30. The Labute approximate surface area is 200 Å². The molecule has 0 spiro atoms. The zero-order chi connectivity index (χ0) is 24.9. The average molecular weight is 479 g/mol. The molecule has 1 aromatic heterocycles. The first-order valence-corrected chi connectivity index (χ1v) is 11.5. The Morgan fingerprint density at radius 1 is 1.11 bits per heavy atom. The van der Waals surface area contributed by atoms with E-state index in [9.17, 15) is 24.0 Å². The topological polar surface area (TPSA) is 147 Å². The first-order valence-electron chi connectivity index (χ1n) is 11.5. The maximum absolute atomic E-state index is 13.0. The first-order chi connectivity index (χ1) is 16.7. The molecule has 0 bridgehead atoms. The number of imide groups is 1. The van der Waals surface area contributed by atoms with Gasteiger partial charge in [-0.1, -0.05) is 19.1 Å². The molecule has 3 aliphatic heterocycles. The highest BCUT2D eigenvalue weighted by molar-refractivity contribution is 6.05. The Hall–Kier alpha value is -4.09. The molecule has 5 amide bonds. The minimum atomic E-state index is -0.692. The Balaban J connectivity index is 1.33. The SMILES string of the molecule is CC(C)C1CN(C(=O)c2cn(-c3ccc4c(c3)CN(C3CCC(=O)NC3=O)C4=O)nn2)CC(=O)N1. The van der Waals surface area contributed by atoms with Crippen LogP contribution in [0.2, 0.25) is 0 Å². The summed E-state index contributed by atoms with van der Waals surface area (Å²) in [6.45, 7) is 4.55. The number of carbonyl (C=O) groups excluding carboxylic acids is 5. The lowest BCUT2D eigenvalue weighted by Gasteiger charge is -2.34. The van der Waals surface area contributed by atoms with E-state index in [-0.39, 0.29) is 67.2 Å². The van der Waals surface area contributed by atoms with Crippen LogP contribution in [0.25, 0.3) is 5.69 Å². The predicted molar refractivity (Wildman–Crippen MR) is 120 cm³/mol. The van der Waals surface area contributed by atoms with Gasteiger partial charge in [-0.3, -0.25) is 29.3 Å². The van der Waals surface area contributed by atoms with Crippen molar-refractivity contribution in [3.05, 3.63) is 41.2 Å². The lowest BCUT2D eigenvalue weighted by molar-refractivity contribution is -0.137. The molecule has 0 saturated carbocycles. The third-order valence-corrected chi connectivity index (χ3v) is 6.67. The molecule has 2 N–H and O–H groups in total. The van der Waals surface area contributed by atoms with Crippen molar-refractivity contribution in [1.82, 2.24) is 35.4 Å². The Kier molecular flexibility index (Phi) is 5.58. The average Bonchev–Trinajstić information content (AvgIpc) is 3.43. The smallest absolute Gasteiger partial charge is 0.276 e. The van der Waals surface area contributed by atoms with Crippen LogP contribution in [-0.4, -0.2) is 79.5 Å². The summed E-state index contributed by atoms with van der Waals surface area (Å²) in [7, 11) is 0. The van der Waals surface area contributed by atoms with Gasteiger partial charge in [0.05, 0.1) is 18.4 Å². The Morgan fingerprint density at radius 2 is 1.91 bits per heavy atom. The molecule has 1 aromatic carbocycles. The standard InChI is InChI=1S/C23H25N7O5/c1-12(2)16-9-28(11-20(32)24-16)23(35)17-10-30(27-26-17)14-3-4-15-13(7-14)8-29(22(15)34)18-5-6-19(31)25-21(18)33/h3-4,7,10,12,16,18H,5-6,8-9,11H2,1-2H3,(H,24,32)(H,25,31,33). The summed E-state index contributed by atoms with van der Waals surface area (Å²) in [4.78, 5) is 64.5. The molecule has 12 heteroatoms. The van der Waals surface area contributed by atoms with Crippen LogP contribution in [0.4, 0.5) is 0 Å². The van der Waals surface area contributed by atoms with Crippen LogP contribution >= 0.6 is 0 Å². The number of aromatic nitrogens is 3. The summed E-state index contributed by atoms with van der Waals surface area (Å²) in [6.07, 6.45) is 1.97. The molecule has 3 aliphatic rings. The molecule has 2 saturated heterocycles. The monoisotopic (exact) mass is 479 g/mol. The van der Waals surface area contributed by atoms with Crippen molar-refractivity contribution in [2.45, 2.75) is 45.3 Å². The van der Waals surface area contributed by atoms with Crippen LogP contribution in [0.15, 0.2) is 24.4 Å². The van der Waals surface area contributed by atoms with Gasteiger partial charge in [-0.25, -0.2) is 4.68 Å². The minimum absolute atomic E-state index is 0.0357. The van der Waals surface area contributed by atoms with Gasteiger partial charge >= 0.3 is 0 Å². The molecule has 2 unspecified atom stereocenters. The number of piperazine rings is 1. The van der Waals surface area contributed by atoms with E-state index in [4.69, 9.17) is 0 Å². The summed E-state index contributed by atoms with van der Waals surface area (Å²) >= 11 is 0. The second kappa shape index (κ2) is 8.60. The van der Waals surface area contributed by atoms with Gasteiger partial charge in [0, 0.05) is 31.1 Å². The number of amides is 5. The molecule has 2 aromatic rings. The van der Waals surface area contributed by atoms with Crippen LogP contribution in [-0.2, 0) is 20.9 Å². The molecule has 4 heterocycles. The van der Waals surface area contributed by atoms with Crippen LogP contribution in [0.3, 0.4) is 0 Å². The second-order valence-corrected chi connectivity index (χ2v) is 9.39. The van der Waals surface area contributed by atoms with Gasteiger partial charge in [0.25, 0.3) is 11.8 Å². The molecular weight excluding hydrogens is 454 g/mol. The van der Waals surface area contributed by atoms with E-state index in [1.54, 1.807) is 18.2 Å². The fraction of sp³-hybridized carbons (Fsp3) is 0.435. The van der Waals surface area contributed by atoms with E-state index in [1.165, 1.54) is 20.7 Å². The molecule has 35 heavy (non-hydrogen) atoms. The highest BCUT2D eigenvalue weighted by Gasteiger charge is 2.39. The number of piperidine rings is 1. The lowest BCUT2D eigenvalue weighted by atomic mass is 10.0. The number of fused-ring (bicyclic) bond motifs is 1. The van der Waals surface area contributed by atoms with E-state index in [0.717, 1.165) is 0 Å². The Bertz CT molecular complexity index is 1250. The van der Waals surface area contributed by atoms with Crippen molar-refractivity contribution < 1.29 is 24.0 Å². The number of rotatable bonds is 4. The number of carbonyl (C=O) groups is 5. The van der Waals surface area contributed by atoms with Crippen LogP contribution in [0.5, 0.6) is 0 Å². The van der Waals surface area contributed by atoms with Crippen LogP contribution in [0, 0.1) is 5.92 Å². The molecule has 182 valence electrons. The number of hydrogen-bond acceptors (Lipinski definition) is 7. The van der Waals surface area contributed by atoms with E-state index in [1.807, 2.05) is 13.8 Å². The highest BCUT2D eigenvalue weighted by atomic mass is 16.2. The van der Waals surface area contributed by atoms with E-state index in [0.29, 0.717) is 23.4 Å². The summed E-state index contributed by atoms with van der Waals surface area (Å²) in [5.74, 6) is -1.47. The van der Waals surface area contributed by atoms with Crippen molar-refractivity contribution in [3.63, 3.8) is 0 Å². The number of hydrogen-bond donors (Lipinski definition) is 2. The zero-order valence-electron chi connectivity index (χ0n) is 19.4. The lowest BCUT2D eigenvalue weighted by Crippen LogP contribution is -2.57. The molecule has 2 fully saturated rings. The van der Waals surface area contributed by atoms with Gasteiger partial charge in [0.15, 0.2) is 5.69 Å². The summed E-state index contributed by atoms with van der Waals surface area (Å²) in [5.41, 5.74) is 1.91. The Morgan fingerprint density at radius 3 is 2.66 bits per heavy atom. The zero-order valence-corrected chi connectivity index (χ0v) is 19.4. The third kappa shape index (κ3) is 4.15. The van der Waals surface area contributed by atoms with Gasteiger partial charge in [0.2, 0.25) is 17.7 Å². The van der Waals surface area contributed by atoms with Crippen molar-refractivity contribution >= 4 is 29.5 Å². The molecule has 0 radical (unpaired) electrons. The van der Waals surface area contributed by atoms with Crippen molar-refractivity contribution in [3.8, 4) is 5.69 Å². The van der Waals surface area contributed by atoms with Gasteiger partial charge in [-0.2, -0.15) is 0 Å². The van der Waals surface area contributed by atoms with Crippen molar-refractivity contribution in [1.29, 1.82) is 0 Å². The molecule has 0 aliphatic carbocycles. The maximum Gasteiger partial charge on any atom is 0.276 e. The first kappa shape index (κ1) is 22.7. The highest BCUT2D eigenvalue weighted by Crippen LogP contribution is 2.29. The fourth-order valence-corrected chi connectivity index (χ4v) is 4.66. The molecule has 2 atom stereocenters. The van der Waals surface area contributed by atoms with Crippen LogP contribution in [0.1, 0.15) is 53.1 Å². The van der Waals surface area contributed by atoms with E-state index >= 15 is 0 Å². The number of nitrogens with zero attached hydrogens (tertiary/aromatic N) is 5. The third-order valence-electron chi connectivity index (χ3n) is 6.67. The van der Waals surface area contributed by atoms with E-state index in [2.05, 4.69) is 20.9 Å². The summed E-state index contributed by atoms with van der Waals surface area (Å²) < 4.78 is 1.44. The second-order valence-electron chi connectivity index (χ2n) is 9.39. The number of benzene rings is 1. The predicted octanol–water partition coefficient (Wildman–Crippen LogP) is -0.375. The quantitative estimate of drug-likeness (QED) is 0.569. The van der Waals surface area contributed by atoms with Gasteiger partial charge in [-0.15, -0.1) is 5.10 Å². The fourth-order valence-electron chi connectivity index (χ4n) is 4.66. The largest absolute Gasteiger partial charge is 0.350 e. The molecule has 12 nitrogen and oxygen atoms in total. The van der Waals surface area contributed by atoms with Gasteiger partial charge in [-0.05, 0) is 36.1 Å². The number of nitrogens with one attached hydrogen (secondary N) is 2. The maximum atomic E-state index is 13.0. The van der Waals surface area contributed by atoms with Crippen LogP contribution < -0.4 is 10.6 Å².